The second-order valence-electron chi connectivity index (χ2n) is 4.55. The minimum absolute atomic E-state index is 0.0467. The summed E-state index contributed by atoms with van der Waals surface area (Å²) in [5.41, 5.74) is 0.601. The Labute approximate surface area is 113 Å². The van der Waals surface area contributed by atoms with Gasteiger partial charge >= 0.3 is 0 Å². The highest BCUT2D eigenvalue weighted by atomic mass is 35.5. The molecule has 1 heterocycles. The molecule has 1 amide bonds. The molecule has 0 bridgehead atoms. The van der Waals surface area contributed by atoms with Crippen molar-refractivity contribution >= 4 is 17.5 Å². The fourth-order valence-corrected chi connectivity index (χ4v) is 2.45. The average molecular weight is 268 g/mol. The normalized spacial score (nSPS) is 16.2. The second-order valence-corrected chi connectivity index (χ2v) is 4.99. The molecule has 0 N–H and O–H groups in total. The number of carbonyl (C=O) groups is 1. The van der Waals surface area contributed by atoms with Crippen LogP contribution in [0.25, 0.3) is 0 Å². The summed E-state index contributed by atoms with van der Waals surface area (Å²) in [6.07, 6.45) is 4.59. The van der Waals surface area contributed by atoms with E-state index in [4.69, 9.17) is 16.3 Å². The monoisotopic (exact) mass is 267 g/mol. The third kappa shape index (κ3) is 2.96. The summed E-state index contributed by atoms with van der Waals surface area (Å²) < 4.78 is 5.24. The predicted octanol–water partition coefficient (Wildman–Crippen LogP) is 3.36. The van der Waals surface area contributed by atoms with Crippen molar-refractivity contribution in [2.75, 3.05) is 20.2 Å². The van der Waals surface area contributed by atoms with E-state index in [0.29, 0.717) is 16.3 Å². The lowest BCUT2D eigenvalue weighted by Crippen LogP contribution is -2.32. The van der Waals surface area contributed by atoms with Gasteiger partial charge in [-0.3, -0.25) is 4.79 Å². The summed E-state index contributed by atoms with van der Waals surface area (Å²) >= 11 is 5.91. The lowest BCUT2D eigenvalue weighted by atomic mass is 10.1. The molecule has 0 spiro atoms. The third-order valence-electron chi connectivity index (χ3n) is 3.29. The van der Waals surface area contributed by atoms with Crippen molar-refractivity contribution in [3.05, 3.63) is 28.8 Å². The van der Waals surface area contributed by atoms with Crippen LogP contribution in [0.1, 0.15) is 36.0 Å². The summed E-state index contributed by atoms with van der Waals surface area (Å²) in [6, 6.07) is 5.16. The number of amides is 1. The summed E-state index contributed by atoms with van der Waals surface area (Å²) in [5, 5.41) is 0.583. The average Bonchev–Trinajstić information content (AvgIpc) is 2.66. The first-order valence-corrected chi connectivity index (χ1v) is 6.73. The van der Waals surface area contributed by atoms with E-state index in [1.165, 1.54) is 12.8 Å². The summed E-state index contributed by atoms with van der Waals surface area (Å²) in [4.78, 5) is 14.4. The first-order valence-electron chi connectivity index (χ1n) is 6.35. The van der Waals surface area contributed by atoms with Gasteiger partial charge in [-0.25, -0.2) is 0 Å². The van der Waals surface area contributed by atoms with Gasteiger partial charge in [-0.15, -0.1) is 0 Å². The van der Waals surface area contributed by atoms with Crippen molar-refractivity contribution in [2.45, 2.75) is 25.7 Å². The van der Waals surface area contributed by atoms with Gasteiger partial charge in [0, 0.05) is 18.1 Å². The molecule has 0 unspecified atom stereocenters. The van der Waals surface area contributed by atoms with Crippen LogP contribution in [0.3, 0.4) is 0 Å². The fraction of sp³-hybridized carbons (Fsp3) is 0.500. The molecule has 0 atom stereocenters. The molecule has 0 saturated carbocycles. The Balaban J connectivity index is 2.21. The number of likely N-dealkylation sites (tertiary alicyclic amines) is 1. The van der Waals surface area contributed by atoms with Crippen LogP contribution in [0.15, 0.2) is 18.2 Å². The summed E-state index contributed by atoms with van der Waals surface area (Å²) in [5.74, 6) is 0.599. The lowest BCUT2D eigenvalue weighted by Gasteiger charge is -2.21. The van der Waals surface area contributed by atoms with Crippen LogP contribution in [0.5, 0.6) is 5.75 Å². The molecule has 1 aromatic rings. The number of methoxy groups -OCH3 is 1. The molecule has 1 aliphatic heterocycles. The Morgan fingerprint density at radius 1 is 1.22 bits per heavy atom. The van der Waals surface area contributed by atoms with Gasteiger partial charge in [0.1, 0.15) is 5.75 Å². The van der Waals surface area contributed by atoms with Gasteiger partial charge in [-0.05, 0) is 31.0 Å². The van der Waals surface area contributed by atoms with Gasteiger partial charge in [0.2, 0.25) is 0 Å². The molecular weight excluding hydrogens is 250 g/mol. The molecular formula is C14H18ClNO2. The number of halogens is 1. The van der Waals surface area contributed by atoms with Crippen molar-refractivity contribution in [2.24, 2.45) is 0 Å². The minimum Gasteiger partial charge on any atom is -0.496 e. The van der Waals surface area contributed by atoms with Crippen molar-refractivity contribution in [3.8, 4) is 5.75 Å². The van der Waals surface area contributed by atoms with Crippen LogP contribution in [0, 0.1) is 0 Å². The molecule has 1 saturated heterocycles. The van der Waals surface area contributed by atoms with E-state index in [0.717, 1.165) is 25.9 Å². The highest BCUT2D eigenvalue weighted by molar-refractivity contribution is 6.30. The molecule has 0 aromatic heterocycles. The minimum atomic E-state index is 0.0467. The van der Waals surface area contributed by atoms with E-state index >= 15 is 0 Å². The maximum atomic E-state index is 12.4. The number of hydrogen-bond donors (Lipinski definition) is 0. The van der Waals surface area contributed by atoms with Gasteiger partial charge in [0.25, 0.3) is 5.91 Å². The smallest absolute Gasteiger partial charge is 0.257 e. The van der Waals surface area contributed by atoms with E-state index < -0.39 is 0 Å². The van der Waals surface area contributed by atoms with Crippen LogP contribution in [0.2, 0.25) is 5.02 Å². The number of ether oxygens (including phenoxy) is 1. The summed E-state index contributed by atoms with van der Waals surface area (Å²) in [7, 11) is 1.56. The zero-order chi connectivity index (χ0) is 13.0. The van der Waals surface area contributed by atoms with Gasteiger partial charge in [-0.2, -0.15) is 0 Å². The lowest BCUT2D eigenvalue weighted by molar-refractivity contribution is 0.0758. The van der Waals surface area contributed by atoms with Crippen molar-refractivity contribution in [3.63, 3.8) is 0 Å². The summed E-state index contributed by atoms with van der Waals surface area (Å²) in [6.45, 7) is 1.68. The standard InChI is InChI=1S/C14H18ClNO2/c1-18-13-10-11(15)6-7-12(13)14(17)16-8-4-2-3-5-9-16/h6-7,10H,2-5,8-9H2,1H3. The molecule has 1 fully saturated rings. The van der Waals surface area contributed by atoms with E-state index in [1.54, 1.807) is 25.3 Å². The van der Waals surface area contributed by atoms with Crippen LogP contribution >= 0.6 is 11.6 Å². The van der Waals surface area contributed by atoms with Crippen molar-refractivity contribution in [1.82, 2.24) is 4.90 Å². The van der Waals surface area contributed by atoms with Gasteiger partial charge in [-0.1, -0.05) is 24.4 Å². The van der Waals surface area contributed by atoms with Crippen LogP contribution in [0.4, 0.5) is 0 Å². The van der Waals surface area contributed by atoms with Crippen LogP contribution in [-0.4, -0.2) is 31.0 Å². The molecule has 18 heavy (non-hydrogen) atoms. The number of hydrogen-bond acceptors (Lipinski definition) is 2. The maximum Gasteiger partial charge on any atom is 0.257 e. The molecule has 0 aliphatic carbocycles. The first-order chi connectivity index (χ1) is 8.72. The highest BCUT2D eigenvalue weighted by Gasteiger charge is 2.20. The Bertz CT molecular complexity index is 426. The Morgan fingerprint density at radius 3 is 2.50 bits per heavy atom. The SMILES string of the molecule is COc1cc(Cl)ccc1C(=O)N1CCCCCC1. The number of benzene rings is 1. The van der Waals surface area contributed by atoms with Crippen molar-refractivity contribution < 1.29 is 9.53 Å². The predicted molar refractivity (Wildman–Crippen MR) is 72.4 cm³/mol. The largest absolute Gasteiger partial charge is 0.496 e. The molecule has 2 rings (SSSR count). The van der Waals surface area contributed by atoms with Crippen molar-refractivity contribution in [1.29, 1.82) is 0 Å². The number of nitrogens with zero attached hydrogens (tertiary/aromatic N) is 1. The topological polar surface area (TPSA) is 29.5 Å². The fourth-order valence-electron chi connectivity index (χ4n) is 2.29. The van der Waals surface area contributed by atoms with E-state index in [-0.39, 0.29) is 5.91 Å². The molecule has 0 radical (unpaired) electrons. The van der Waals surface area contributed by atoms with E-state index in [1.807, 2.05) is 4.90 Å². The highest BCUT2D eigenvalue weighted by Crippen LogP contribution is 2.25. The zero-order valence-electron chi connectivity index (χ0n) is 10.6. The first kappa shape index (κ1) is 13.2. The molecule has 4 heteroatoms. The molecule has 1 aliphatic rings. The second kappa shape index (κ2) is 6.10. The maximum absolute atomic E-state index is 12.4. The molecule has 1 aromatic carbocycles. The van der Waals surface area contributed by atoms with E-state index in [2.05, 4.69) is 0 Å². The molecule has 98 valence electrons. The van der Waals surface area contributed by atoms with E-state index in [9.17, 15) is 4.79 Å². The van der Waals surface area contributed by atoms with Gasteiger partial charge < -0.3 is 9.64 Å². The van der Waals surface area contributed by atoms with Crippen LogP contribution < -0.4 is 4.74 Å². The van der Waals surface area contributed by atoms with Crippen LogP contribution in [-0.2, 0) is 0 Å². The van der Waals surface area contributed by atoms with Gasteiger partial charge in [0.15, 0.2) is 0 Å². The molecule has 3 nitrogen and oxygen atoms in total. The Hall–Kier alpha value is -1.22. The van der Waals surface area contributed by atoms with Gasteiger partial charge in [0.05, 0.1) is 12.7 Å². The Kier molecular flexibility index (Phi) is 4.48. The quantitative estimate of drug-likeness (QED) is 0.822. The Morgan fingerprint density at radius 2 is 1.89 bits per heavy atom. The number of rotatable bonds is 2. The zero-order valence-corrected chi connectivity index (χ0v) is 11.4. The third-order valence-corrected chi connectivity index (χ3v) is 3.52. The number of carbonyl (C=O) groups excluding carboxylic acids is 1.